The molecule has 1 atom stereocenters. The lowest BCUT2D eigenvalue weighted by molar-refractivity contribution is 0.221. The SMILES string of the molecule is Cc1ccc(S(=O)(=O)Nc2ccc(Br)cc2C(O)c2ccccc2)cc1. The van der Waals surface area contributed by atoms with Gasteiger partial charge in [-0.3, -0.25) is 4.72 Å². The zero-order valence-electron chi connectivity index (χ0n) is 14.1. The van der Waals surface area contributed by atoms with Crippen LogP contribution in [0.2, 0.25) is 0 Å². The summed E-state index contributed by atoms with van der Waals surface area (Å²) in [4.78, 5) is 0.172. The molecule has 0 saturated carbocycles. The molecule has 26 heavy (non-hydrogen) atoms. The summed E-state index contributed by atoms with van der Waals surface area (Å²) in [7, 11) is -3.76. The van der Waals surface area contributed by atoms with E-state index in [4.69, 9.17) is 0 Å². The van der Waals surface area contributed by atoms with Gasteiger partial charge in [0.1, 0.15) is 6.10 Å². The second-order valence-electron chi connectivity index (χ2n) is 5.96. The molecule has 4 nitrogen and oxygen atoms in total. The smallest absolute Gasteiger partial charge is 0.261 e. The van der Waals surface area contributed by atoms with Crippen LogP contribution in [0, 0.1) is 6.92 Å². The number of aliphatic hydroxyl groups excluding tert-OH is 1. The zero-order chi connectivity index (χ0) is 18.7. The van der Waals surface area contributed by atoms with Crippen molar-refractivity contribution in [1.29, 1.82) is 0 Å². The normalized spacial score (nSPS) is 12.6. The lowest BCUT2D eigenvalue weighted by atomic mass is 10.0. The highest BCUT2D eigenvalue weighted by Gasteiger charge is 2.20. The minimum absolute atomic E-state index is 0.172. The number of aliphatic hydroxyl groups is 1. The molecule has 3 aromatic carbocycles. The Kier molecular flexibility index (Phi) is 5.46. The van der Waals surface area contributed by atoms with Crippen LogP contribution >= 0.6 is 15.9 Å². The average molecular weight is 432 g/mol. The van der Waals surface area contributed by atoms with Crippen LogP contribution in [0.1, 0.15) is 22.8 Å². The molecule has 0 fully saturated rings. The lowest BCUT2D eigenvalue weighted by Crippen LogP contribution is -2.15. The number of nitrogens with one attached hydrogen (secondary N) is 1. The number of aryl methyl sites for hydroxylation is 1. The van der Waals surface area contributed by atoms with E-state index in [0.717, 1.165) is 10.0 Å². The van der Waals surface area contributed by atoms with Gasteiger partial charge < -0.3 is 5.11 Å². The van der Waals surface area contributed by atoms with E-state index >= 15 is 0 Å². The molecule has 3 rings (SSSR count). The van der Waals surface area contributed by atoms with Crippen LogP contribution in [-0.2, 0) is 10.0 Å². The van der Waals surface area contributed by atoms with Crippen molar-refractivity contribution in [3.8, 4) is 0 Å². The Morgan fingerprint density at radius 1 is 0.962 bits per heavy atom. The Labute approximate surface area is 161 Å². The van der Waals surface area contributed by atoms with E-state index < -0.39 is 16.1 Å². The van der Waals surface area contributed by atoms with E-state index in [-0.39, 0.29) is 4.90 Å². The predicted octanol–water partition coefficient (Wildman–Crippen LogP) is 4.64. The van der Waals surface area contributed by atoms with E-state index in [1.54, 1.807) is 54.6 Å². The molecule has 0 heterocycles. The molecule has 0 aliphatic rings. The maximum absolute atomic E-state index is 12.7. The topological polar surface area (TPSA) is 66.4 Å². The van der Waals surface area contributed by atoms with Gasteiger partial charge in [0.15, 0.2) is 0 Å². The maximum atomic E-state index is 12.7. The summed E-state index contributed by atoms with van der Waals surface area (Å²) in [5.74, 6) is 0. The number of sulfonamides is 1. The molecule has 0 aliphatic carbocycles. The van der Waals surface area contributed by atoms with Crippen LogP contribution in [0.5, 0.6) is 0 Å². The van der Waals surface area contributed by atoms with Crippen molar-refractivity contribution in [3.05, 3.63) is 94.0 Å². The molecule has 3 aromatic rings. The van der Waals surface area contributed by atoms with Crippen molar-refractivity contribution >= 4 is 31.6 Å². The molecular formula is C20H18BrNO3S. The number of hydrogen-bond donors (Lipinski definition) is 2. The monoisotopic (exact) mass is 431 g/mol. The highest BCUT2D eigenvalue weighted by atomic mass is 79.9. The molecule has 0 radical (unpaired) electrons. The first-order valence-corrected chi connectivity index (χ1v) is 10.3. The fraction of sp³-hybridized carbons (Fsp3) is 0.100. The second-order valence-corrected chi connectivity index (χ2v) is 8.56. The second kappa shape index (κ2) is 7.61. The summed E-state index contributed by atoms with van der Waals surface area (Å²) in [6, 6.07) is 20.8. The van der Waals surface area contributed by atoms with E-state index in [2.05, 4.69) is 20.7 Å². The first-order chi connectivity index (χ1) is 12.4. The Morgan fingerprint density at radius 2 is 1.62 bits per heavy atom. The van der Waals surface area contributed by atoms with E-state index in [0.29, 0.717) is 16.8 Å². The van der Waals surface area contributed by atoms with Crippen LogP contribution in [0.3, 0.4) is 0 Å². The van der Waals surface area contributed by atoms with Gasteiger partial charge in [-0.2, -0.15) is 0 Å². The third kappa shape index (κ3) is 4.15. The largest absolute Gasteiger partial charge is 0.384 e. The van der Waals surface area contributed by atoms with Crippen molar-refractivity contribution < 1.29 is 13.5 Å². The number of rotatable bonds is 5. The molecule has 134 valence electrons. The standard InChI is InChI=1S/C20H18BrNO3S/c1-14-7-10-17(11-8-14)26(24,25)22-19-12-9-16(21)13-18(19)20(23)15-5-3-2-4-6-15/h2-13,20,22-23H,1H3. The number of anilines is 1. The number of halogens is 1. The fourth-order valence-corrected chi connectivity index (χ4v) is 4.06. The van der Waals surface area contributed by atoms with Crippen molar-refractivity contribution in [3.63, 3.8) is 0 Å². The first kappa shape index (κ1) is 18.6. The van der Waals surface area contributed by atoms with Gasteiger partial charge in [0, 0.05) is 10.0 Å². The quantitative estimate of drug-likeness (QED) is 0.618. The number of hydrogen-bond acceptors (Lipinski definition) is 3. The van der Waals surface area contributed by atoms with Gasteiger partial charge in [-0.25, -0.2) is 8.42 Å². The van der Waals surface area contributed by atoms with E-state index in [9.17, 15) is 13.5 Å². The summed E-state index contributed by atoms with van der Waals surface area (Å²) in [5.41, 5.74) is 2.47. The minimum atomic E-state index is -3.76. The van der Waals surface area contributed by atoms with Gasteiger partial charge in [-0.1, -0.05) is 64.0 Å². The Bertz CT molecular complexity index is 1000. The summed E-state index contributed by atoms with van der Waals surface area (Å²) >= 11 is 3.38. The zero-order valence-corrected chi connectivity index (χ0v) is 16.5. The Balaban J connectivity index is 1.99. The van der Waals surface area contributed by atoms with Crippen molar-refractivity contribution in [2.75, 3.05) is 4.72 Å². The van der Waals surface area contributed by atoms with Gasteiger partial charge in [0.05, 0.1) is 10.6 Å². The summed E-state index contributed by atoms with van der Waals surface area (Å²) in [6.45, 7) is 1.90. The van der Waals surface area contributed by atoms with Crippen molar-refractivity contribution in [1.82, 2.24) is 0 Å². The van der Waals surface area contributed by atoms with E-state index in [1.165, 1.54) is 0 Å². The molecule has 1 unspecified atom stereocenters. The summed E-state index contributed by atoms with van der Waals surface area (Å²) in [5, 5.41) is 10.7. The average Bonchev–Trinajstić information content (AvgIpc) is 2.63. The van der Waals surface area contributed by atoms with Gasteiger partial charge in [0.25, 0.3) is 10.0 Å². The molecule has 0 bridgehead atoms. The highest BCUT2D eigenvalue weighted by molar-refractivity contribution is 9.10. The third-order valence-electron chi connectivity index (χ3n) is 4.00. The number of benzene rings is 3. The van der Waals surface area contributed by atoms with Crippen LogP contribution < -0.4 is 4.72 Å². The van der Waals surface area contributed by atoms with Crippen LogP contribution in [0.4, 0.5) is 5.69 Å². The fourth-order valence-electron chi connectivity index (χ4n) is 2.59. The summed E-state index contributed by atoms with van der Waals surface area (Å²) in [6.07, 6.45) is -0.954. The molecule has 0 spiro atoms. The molecule has 2 N–H and O–H groups in total. The highest BCUT2D eigenvalue weighted by Crippen LogP contribution is 2.32. The lowest BCUT2D eigenvalue weighted by Gasteiger charge is -2.18. The van der Waals surface area contributed by atoms with Crippen LogP contribution in [0.15, 0.2) is 82.2 Å². The van der Waals surface area contributed by atoms with Crippen LogP contribution in [-0.4, -0.2) is 13.5 Å². The Hall–Kier alpha value is -2.15. The van der Waals surface area contributed by atoms with Crippen molar-refractivity contribution in [2.45, 2.75) is 17.9 Å². The molecule has 0 amide bonds. The van der Waals surface area contributed by atoms with Gasteiger partial charge in [0.2, 0.25) is 0 Å². The Morgan fingerprint density at radius 3 is 2.27 bits per heavy atom. The van der Waals surface area contributed by atoms with Crippen LogP contribution in [0.25, 0.3) is 0 Å². The van der Waals surface area contributed by atoms with Gasteiger partial charge >= 0.3 is 0 Å². The third-order valence-corrected chi connectivity index (χ3v) is 5.87. The molecular weight excluding hydrogens is 414 g/mol. The first-order valence-electron chi connectivity index (χ1n) is 7.99. The predicted molar refractivity (Wildman–Crippen MR) is 107 cm³/mol. The van der Waals surface area contributed by atoms with Gasteiger partial charge in [-0.05, 0) is 42.8 Å². The van der Waals surface area contributed by atoms with Crippen molar-refractivity contribution in [2.24, 2.45) is 0 Å². The summed E-state index contributed by atoms with van der Waals surface area (Å²) < 4.78 is 28.8. The molecule has 0 saturated heterocycles. The van der Waals surface area contributed by atoms with Gasteiger partial charge in [-0.15, -0.1) is 0 Å². The minimum Gasteiger partial charge on any atom is -0.384 e. The van der Waals surface area contributed by atoms with E-state index in [1.807, 2.05) is 25.1 Å². The maximum Gasteiger partial charge on any atom is 0.261 e. The molecule has 0 aromatic heterocycles. The molecule has 6 heteroatoms. The molecule has 0 aliphatic heterocycles.